The molecule has 3 heteroatoms. The zero-order valence-corrected chi connectivity index (χ0v) is 8.13. The van der Waals surface area contributed by atoms with Gasteiger partial charge in [0.2, 0.25) is 0 Å². The van der Waals surface area contributed by atoms with Gasteiger partial charge in [0, 0.05) is 12.1 Å². The molecule has 3 aliphatic heterocycles. The summed E-state index contributed by atoms with van der Waals surface area (Å²) < 4.78 is 9.89. The standard InChI is InChI=1S/C6H11N.C4H8O2/c1-2-6-4-3-5(1)7-6;1-2-6-4-3-5-1/h5-7H,1-4H2;1-4H2. The van der Waals surface area contributed by atoms with Gasteiger partial charge >= 0.3 is 0 Å². The maximum atomic E-state index is 4.94. The Morgan fingerprint density at radius 3 is 1.23 bits per heavy atom. The second kappa shape index (κ2) is 4.94. The average molecular weight is 185 g/mol. The van der Waals surface area contributed by atoms with E-state index in [0.29, 0.717) is 0 Å². The van der Waals surface area contributed by atoms with Crippen molar-refractivity contribution in [2.24, 2.45) is 0 Å². The van der Waals surface area contributed by atoms with Gasteiger partial charge in [-0.15, -0.1) is 0 Å². The summed E-state index contributed by atoms with van der Waals surface area (Å²) in [5.41, 5.74) is 0. The van der Waals surface area contributed by atoms with Crippen LogP contribution in [-0.4, -0.2) is 38.5 Å². The molecule has 3 rings (SSSR count). The van der Waals surface area contributed by atoms with Gasteiger partial charge in [-0.25, -0.2) is 0 Å². The molecule has 0 saturated carbocycles. The lowest BCUT2D eigenvalue weighted by Crippen LogP contribution is -2.17. The Kier molecular flexibility index (Phi) is 3.58. The molecule has 76 valence electrons. The minimum atomic E-state index is 0.778. The predicted octanol–water partition coefficient (Wildman–Crippen LogP) is 0.934. The van der Waals surface area contributed by atoms with Crippen LogP contribution < -0.4 is 5.32 Å². The SMILES string of the molecule is C1CC2CCC1N2.C1COCCO1. The number of hydrogen-bond donors (Lipinski definition) is 1. The molecule has 3 nitrogen and oxygen atoms in total. The molecule has 0 aliphatic carbocycles. The Labute approximate surface area is 79.8 Å². The van der Waals surface area contributed by atoms with Crippen LogP contribution in [0, 0.1) is 0 Å². The maximum Gasteiger partial charge on any atom is 0.0701 e. The maximum absolute atomic E-state index is 4.94. The van der Waals surface area contributed by atoms with Gasteiger partial charge in [0.05, 0.1) is 26.4 Å². The van der Waals surface area contributed by atoms with Crippen molar-refractivity contribution in [1.29, 1.82) is 0 Å². The predicted molar refractivity (Wildman–Crippen MR) is 50.8 cm³/mol. The van der Waals surface area contributed by atoms with E-state index >= 15 is 0 Å². The number of fused-ring (bicyclic) bond motifs is 2. The molecule has 0 radical (unpaired) electrons. The van der Waals surface area contributed by atoms with E-state index in [1.807, 2.05) is 0 Å². The molecule has 0 aromatic rings. The van der Waals surface area contributed by atoms with Gasteiger partial charge in [-0.1, -0.05) is 0 Å². The Morgan fingerprint density at radius 1 is 0.692 bits per heavy atom. The van der Waals surface area contributed by atoms with E-state index in [0.717, 1.165) is 38.5 Å². The zero-order valence-electron chi connectivity index (χ0n) is 8.13. The number of rotatable bonds is 0. The van der Waals surface area contributed by atoms with E-state index in [2.05, 4.69) is 5.32 Å². The molecule has 0 aromatic carbocycles. The summed E-state index contributed by atoms with van der Waals surface area (Å²) >= 11 is 0. The van der Waals surface area contributed by atoms with E-state index in [1.165, 1.54) is 25.7 Å². The Hall–Kier alpha value is -0.120. The van der Waals surface area contributed by atoms with Crippen molar-refractivity contribution in [3.63, 3.8) is 0 Å². The smallest absolute Gasteiger partial charge is 0.0701 e. The molecular formula is C10H19NO2. The molecule has 13 heavy (non-hydrogen) atoms. The monoisotopic (exact) mass is 185 g/mol. The molecule has 3 aliphatic rings. The third-order valence-corrected chi connectivity index (χ3v) is 2.94. The molecule has 0 spiro atoms. The molecule has 1 N–H and O–H groups in total. The van der Waals surface area contributed by atoms with Crippen LogP contribution in [0.2, 0.25) is 0 Å². The highest BCUT2D eigenvalue weighted by Crippen LogP contribution is 2.26. The van der Waals surface area contributed by atoms with Crippen LogP contribution in [0.3, 0.4) is 0 Å². The van der Waals surface area contributed by atoms with Crippen LogP contribution >= 0.6 is 0 Å². The quantitative estimate of drug-likeness (QED) is 0.609. The third-order valence-electron chi connectivity index (χ3n) is 2.94. The van der Waals surface area contributed by atoms with Crippen molar-refractivity contribution in [3.05, 3.63) is 0 Å². The molecule has 2 bridgehead atoms. The first-order valence-electron chi connectivity index (χ1n) is 5.37. The zero-order chi connectivity index (χ0) is 8.93. The first-order valence-corrected chi connectivity index (χ1v) is 5.37. The van der Waals surface area contributed by atoms with E-state index in [4.69, 9.17) is 9.47 Å². The highest BCUT2D eigenvalue weighted by molar-refractivity contribution is 4.90. The fourth-order valence-electron chi connectivity index (χ4n) is 2.20. The fraction of sp³-hybridized carbons (Fsp3) is 1.00. The first-order chi connectivity index (χ1) is 6.45. The Morgan fingerprint density at radius 2 is 1.08 bits per heavy atom. The van der Waals surface area contributed by atoms with E-state index in [9.17, 15) is 0 Å². The lowest BCUT2D eigenvalue weighted by molar-refractivity contribution is -0.0334. The number of nitrogens with one attached hydrogen (secondary N) is 1. The van der Waals surface area contributed by atoms with Gasteiger partial charge in [0.1, 0.15) is 0 Å². The lowest BCUT2D eigenvalue weighted by atomic mass is 10.0. The van der Waals surface area contributed by atoms with Gasteiger partial charge < -0.3 is 14.8 Å². The fourth-order valence-corrected chi connectivity index (χ4v) is 2.20. The molecule has 0 amide bonds. The third kappa shape index (κ3) is 2.93. The second-order valence-corrected chi connectivity index (χ2v) is 3.94. The summed E-state index contributed by atoms with van der Waals surface area (Å²) in [6.07, 6.45) is 5.80. The summed E-state index contributed by atoms with van der Waals surface area (Å²) in [7, 11) is 0. The van der Waals surface area contributed by atoms with Crippen LogP contribution in [0.5, 0.6) is 0 Å². The summed E-state index contributed by atoms with van der Waals surface area (Å²) in [6.45, 7) is 3.11. The van der Waals surface area contributed by atoms with Crippen LogP contribution in [0.25, 0.3) is 0 Å². The molecule has 0 unspecified atom stereocenters. The highest BCUT2D eigenvalue weighted by atomic mass is 16.6. The van der Waals surface area contributed by atoms with Crippen molar-refractivity contribution in [2.45, 2.75) is 37.8 Å². The van der Waals surface area contributed by atoms with E-state index in [-0.39, 0.29) is 0 Å². The second-order valence-electron chi connectivity index (χ2n) is 3.94. The summed E-state index contributed by atoms with van der Waals surface area (Å²) in [5, 5.41) is 3.53. The van der Waals surface area contributed by atoms with Crippen molar-refractivity contribution in [2.75, 3.05) is 26.4 Å². The van der Waals surface area contributed by atoms with Crippen molar-refractivity contribution in [3.8, 4) is 0 Å². The summed E-state index contributed by atoms with van der Waals surface area (Å²) in [6, 6.07) is 1.84. The molecule has 3 heterocycles. The molecular weight excluding hydrogens is 166 g/mol. The normalized spacial score (nSPS) is 36.9. The minimum Gasteiger partial charge on any atom is -0.377 e. The average Bonchev–Trinajstić information content (AvgIpc) is 2.85. The van der Waals surface area contributed by atoms with Crippen LogP contribution in [0.15, 0.2) is 0 Å². The van der Waals surface area contributed by atoms with Crippen molar-refractivity contribution >= 4 is 0 Å². The van der Waals surface area contributed by atoms with Gasteiger partial charge in [-0.2, -0.15) is 0 Å². The number of hydrogen-bond acceptors (Lipinski definition) is 3. The lowest BCUT2D eigenvalue weighted by Gasteiger charge is -2.09. The number of ether oxygens (including phenoxy) is 2. The minimum absolute atomic E-state index is 0.778. The molecule has 3 saturated heterocycles. The van der Waals surface area contributed by atoms with Crippen LogP contribution in [0.1, 0.15) is 25.7 Å². The van der Waals surface area contributed by atoms with E-state index in [1.54, 1.807) is 0 Å². The van der Waals surface area contributed by atoms with Gasteiger partial charge in [-0.3, -0.25) is 0 Å². The highest BCUT2D eigenvalue weighted by Gasteiger charge is 2.29. The molecule has 3 fully saturated rings. The Bertz CT molecular complexity index is 118. The van der Waals surface area contributed by atoms with Crippen LogP contribution in [-0.2, 0) is 9.47 Å². The molecule has 0 atom stereocenters. The summed E-state index contributed by atoms with van der Waals surface area (Å²) in [5.74, 6) is 0. The Balaban J connectivity index is 0.000000102. The van der Waals surface area contributed by atoms with Crippen LogP contribution in [0.4, 0.5) is 0 Å². The first kappa shape index (κ1) is 9.44. The van der Waals surface area contributed by atoms with Crippen molar-refractivity contribution < 1.29 is 9.47 Å². The van der Waals surface area contributed by atoms with Gasteiger partial charge in [0.15, 0.2) is 0 Å². The van der Waals surface area contributed by atoms with Gasteiger partial charge in [-0.05, 0) is 25.7 Å². The van der Waals surface area contributed by atoms with Crippen molar-refractivity contribution in [1.82, 2.24) is 5.32 Å². The molecule has 0 aromatic heterocycles. The summed E-state index contributed by atoms with van der Waals surface area (Å²) in [4.78, 5) is 0. The van der Waals surface area contributed by atoms with E-state index < -0.39 is 0 Å². The van der Waals surface area contributed by atoms with Gasteiger partial charge in [0.25, 0.3) is 0 Å². The topological polar surface area (TPSA) is 30.5 Å². The largest absolute Gasteiger partial charge is 0.377 e.